The lowest BCUT2D eigenvalue weighted by Crippen LogP contribution is -2.16. The first-order valence-electron chi connectivity index (χ1n) is 5.86. The van der Waals surface area contributed by atoms with Crippen molar-refractivity contribution in [1.29, 1.82) is 0 Å². The number of aliphatic hydroxyl groups excluding tert-OH is 1. The second-order valence-electron chi connectivity index (χ2n) is 4.38. The SMILES string of the molecule is OC1=C(c2ccccc2)OC2=CC=CCC2C1. The molecule has 17 heavy (non-hydrogen) atoms. The minimum absolute atomic E-state index is 0.299. The summed E-state index contributed by atoms with van der Waals surface area (Å²) >= 11 is 0. The Bertz CT molecular complexity index is 509. The first-order valence-corrected chi connectivity index (χ1v) is 5.86. The second-order valence-corrected chi connectivity index (χ2v) is 4.38. The van der Waals surface area contributed by atoms with E-state index in [0.29, 0.717) is 23.9 Å². The van der Waals surface area contributed by atoms with Gasteiger partial charge in [0.2, 0.25) is 0 Å². The topological polar surface area (TPSA) is 29.5 Å². The van der Waals surface area contributed by atoms with Crippen molar-refractivity contribution in [2.75, 3.05) is 0 Å². The molecule has 1 atom stereocenters. The van der Waals surface area contributed by atoms with Gasteiger partial charge in [-0.1, -0.05) is 42.5 Å². The third kappa shape index (κ3) is 1.86. The number of hydrogen-bond donors (Lipinski definition) is 1. The molecule has 0 saturated heterocycles. The van der Waals surface area contributed by atoms with Gasteiger partial charge in [0, 0.05) is 17.9 Å². The van der Waals surface area contributed by atoms with Gasteiger partial charge in [-0.3, -0.25) is 0 Å². The first kappa shape index (κ1) is 10.2. The van der Waals surface area contributed by atoms with Crippen molar-refractivity contribution in [3.05, 3.63) is 65.6 Å². The molecule has 1 aromatic carbocycles. The molecule has 1 N–H and O–H groups in total. The first-order chi connectivity index (χ1) is 8.34. The van der Waals surface area contributed by atoms with Crippen molar-refractivity contribution in [3.63, 3.8) is 0 Å². The van der Waals surface area contributed by atoms with Gasteiger partial charge >= 0.3 is 0 Å². The van der Waals surface area contributed by atoms with Gasteiger partial charge in [0.05, 0.1) is 0 Å². The Labute approximate surface area is 101 Å². The molecule has 86 valence electrons. The Morgan fingerprint density at radius 2 is 2.00 bits per heavy atom. The van der Waals surface area contributed by atoms with Crippen LogP contribution in [0.15, 0.2) is 60.1 Å². The molecule has 2 nitrogen and oxygen atoms in total. The molecule has 0 fully saturated rings. The van der Waals surface area contributed by atoms with Gasteiger partial charge in [-0.15, -0.1) is 0 Å². The van der Waals surface area contributed by atoms with E-state index in [4.69, 9.17) is 4.74 Å². The van der Waals surface area contributed by atoms with E-state index in [0.717, 1.165) is 17.7 Å². The number of ether oxygens (including phenoxy) is 1. The highest BCUT2D eigenvalue weighted by molar-refractivity contribution is 5.63. The maximum atomic E-state index is 10.1. The van der Waals surface area contributed by atoms with E-state index in [1.165, 1.54) is 0 Å². The zero-order chi connectivity index (χ0) is 11.7. The number of fused-ring (bicyclic) bond motifs is 1. The van der Waals surface area contributed by atoms with Gasteiger partial charge in [-0.25, -0.2) is 0 Å². The predicted molar refractivity (Wildman–Crippen MR) is 67.0 cm³/mol. The van der Waals surface area contributed by atoms with Crippen molar-refractivity contribution in [1.82, 2.24) is 0 Å². The molecule has 3 rings (SSSR count). The zero-order valence-corrected chi connectivity index (χ0v) is 9.47. The summed E-state index contributed by atoms with van der Waals surface area (Å²) in [5.74, 6) is 2.22. The Balaban J connectivity index is 1.98. The predicted octanol–water partition coefficient (Wildman–Crippen LogP) is 3.79. The van der Waals surface area contributed by atoms with E-state index < -0.39 is 0 Å². The molecule has 2 aliphatic rings. The number of rotatable bonds is 1. The lowest BCUT2D eigenvalue weighted by atomic mass is 9.91. The minimum Gasteiger partial charge on any atom is -0.508 e. The van der Waals surface area contributed by atoms with Crippen LogP contribution in [-0.4, -0.2) is 5.11 Å². The van der Waals surface area contributed by atoms with Crippen molar-refractivity contribution in [3.8, 4) is 0 Å². The van der Waals surface area contributed by atoms with Crippen LogP contribution in [0.3, 0.4) is 0 Å². The van der Waals surface area contributed by atoms with Gasteiger partial charge in [0.1, 0.15) is 11.5 Å². The Morgan fingerprint density at radius 3 is 2.82 bits per heavy atom. The number of aliphatic hydroxyl groups is 1. The standard InChI is InChI=1S/C15H14O2/c16-13-10-12-8-4-5-9-14(12)17-15(13)11-6-2-1-3-7-11/h1-7,9,12,16H,8,10H2. The van der Waals surface area contributed by atoms with E-state index in [1.54, 1.807) is 0 Å². The van der Waals surface area contributed by atoms with Gasteiger partial charge in [0.15, 0.2) is 5.76 Å². The number of allylic oxidation sites excluding steroid dienone is 5. The molecule has 1 unspecified atom stereocenters. The highest BCUT2D eigenvalue weighted by atomic mass is 16.5. The maximum Gasteiger partial charge on any atom is 0.171 e. The molecule has 0 aromatic heterocycles. The van der Waals surface area contributed by atoms with Gasteiger partial charge in [-0.05, 0) is 12.5 Å². The summed E-state index contributed by atoms with van der Waals surface area (Å²) in [6.45, 7) is 0. The van der Waals surface area contributed by atoms with E-state index in [1.807, 2.05) is 42.5 Å². The second kappa shape index (κ2) is 4.13. The van der Waals surface area contributed by atoms with Crippen molar-refractivity contribution in [2.24, 2.45) is 5.92 Å². The summed E-state index contributed by atoms with van der Waals surface area (Å²) in [6.07, 6.45) is 7.72. The third-order valence-electron chi connectivity index (χ3n) is 3.18. The Morgan fingerprint density at radius 1 is 1.18 bits per heavy atom. The van der Waals surface area contributed by atoms with Crippen LogP contribution in [0, 0.1) is 5.92 Å². The molecular formula is C15H14O2. The fraction of sp³-hybridized carbons (Fsp3) is 0.200. The molecule has 0 radical (unpaired) electrons. The maximum absolute atomic E-state index is 10.1. The van der Waals surface area contributed by atoms with E-state index in [9.17, 15) is 5.11 Å². The molecule has 0 spiro atoms. The molecule has 1 aliphatic carbocycles. The van der Waals surface area contributed by atoms with Crippen LogP contribution in [0.5, 0.6) is 0 Å². The van der Waals surface area contributed by atoms with E-state index in [2.05, 4.69) is 6.08 Å². The normalized spacial score (nSPS) is 22.8. The number of hydrogen-bond acceptors (Lipinski definition) is 2. The van der Waals surface area contributed by atoms with Crippen LogP contribution < -0.4 is 0 Å². The lowest BCUT2D eigenvalue weighted by molar-refractivity contribution is 0.233. The van der Waals surface area contributed by atoms with Crippen LogP contribution in [-0.2, 0) is 4.74 Å². The minimum atomic E-state index is 0.299. The van der Waals surface area contributed by atoms with Crippen LogP contribution in [0.25, 0.3) is 5.76 Å². The zero-order valence-electron chi connectivity index (χ0n) is 9.47. The van der Waals surface area contributed by atoms with Crippen LogP contribution >= 0.6 is 0 Å². The van der Waals surface area contributed by atoms with E-state index >= 15 is 0 Å². The molecule has 1 heterocycles. The van der Waals surface area contributed by atoms with Crippen LogP contribution in [0.2, 0.25) is 0 Å². The highest BCUT2D eigenvalue weighted by Gasteiger charge is 2.27. The summed E-state index contributed by atoms with van der Waals surface area (Å²) in [5.41, 5.74) is 0.930. The highest BCUT2D eigenvalue weighted by Crippen LogP contribution is 2.38. The lowest BCUT2D eigenvalue weighted by Gasteiger charge is -2.28. The summed E-state index contributed by atoms with van der Waals surface area (Å²) in [7, 11) is 0. The monoisotopic (exact) mass is 226 g/mol. The molecular weight excluding hydrogens is 212 g/mol. The Kier molecular flexibility index (Phi) is 2.48. The molecule has 0 amide bonds. The molecule has 1 aromatic rings. The van der Waals surface area contributed by atoms with Crippen molar-refractivity contribution in [2.45, 2.75) is 12.8 Å². The quantitative estimate of drug-likeness (QED) is 0.789. The largest absolute Gasteiger partial charge is 0.508 e. The smallest absolute Gasteiger partial charge is 0.171 e. The van der Waals surface area contributed by atoms with Crippen molar-refractivity contribution < 1.29 is 9.84 Å². The fourth-order valence-corrected chi connectivity index (χ4v) is 2.28. The molecule has 1 aliphatic heterocycles. The molecule has 0 saturated carbocycles. The van der Waals surface area contributed by atoms with Gasteiger partial charge in [0.25, 0.3) is 0 Å². The van der Waals surface area contributed by atoms with Gasteiger partial charge < -0.3 is 9.84 Å². The van der Waals surface area contributed by atoms with E-state index in [-0.39, 0.29) is 0 Å². The Hall–Kier alpha value is -1.96. The molecule has 2 heteroatoms. The average molecular weight is 226 g/mol. The third-order valence-corrected chi connectivity index (χ3v) is 3.18. The number of benzene rings is 1. The van der Waals surface area contributed by atoms with Gasteiger partial charge in [-0.2, -0.15) is 0 Å². The average Bonchev–Trinajstić information content (AvgIpc) is 2.39. The summed E-state index contributed by atoms with van der Waals surface area (Å²) in [4.78, 5) is 0. The summed E-state index contributed by atoms with van der Waals surface area (Å²) in [6, 6.07) is 9.74. The van der Waals surface area contributed by atoms with Crippen LogP contribution in [0.4, 0.5) is 0 Å². The summed E-state index contributed by atoms with van der Waals surface area (Å²) < 4.78 is 5.83. The molecule has 0 bridgehead atoms. The van der Waals surface area contributed by atoms with Crippen LogP contribution in [0.1, 0.15) is 18.4 Å². The summed E-state index contributed by atoms with van der Waals surface area (Å²) in [5, 5.41) is 10.1. The van der Waals surface area contributed by atoms with Crippen molar-refractivity contribution >= 4 is 5.76 Å². The fourth-order valence-electron chi connectivity index (χ4n) is 2.28.